The molecule has 5 rings (SSSR count). The second-order valence-electron chi connectivity index (χ2n) is 7.65. The van der Waals surface area contributed by atoms with Crippen LogP contribution in [0.1, 0.15) is 47.1 Å². The van der Waals surface area contributed by atoms with Crippen LogP contribution in [0.3, 0.4) is 0 Å². The summed E-state index contributed by atoms with van der Waals surface area (Å²) in [6, 6.07) is 13.9. The molecule has 8 nitrogen and oxygen atoms in total. The molecule has 0 unspecified atom stereocenters. The zero-order chi connectivity index (χ0) is 21.0. The number of nitrogens with zero attached hydrogens (tertiary/aromatic N) is 5. The second-order valence-corrected chi connectivity index (χ2v) is 7.65. The molecule has 1 fully saturated rings. The van der Waals surface area contributed by atoms with Gasteiger partial charge in [0.2, 0.25) is 0 Å². The first-order chi connectivity index (χ1) is 15.3. The fourth-order valence-corrected chi connectivity index (χ4v) is 3.32. The molecule has 1 aromatic carbocycles. The normalized spacial score (nSPS) is 13.3. The highest BCUT2D eigenvalue weighted by Crippen LogP contribution is 2.38. The van der Waals surface area contributed by atoms with E-state index in [0.29, 0.717) is 29.9 Å². The molecule has 0 bridgehead atoms. The molecule has 8 heteroatoms. The molecule has 0 radical (unpaired) electrons. The maximum absolute atomic E-state index is 12.4. The van der Waals surface area contributed by atoms with Gasteiger partial charge in [0, 0.05) is 24.9 Å². The van der Waals surface area contributed by atoms with Crippen LogP contribution in [0.4, 0.5) is 0 Å². The monoisotopic (exact) mass is 414 g/mol. The molecule has 3 aromatic heterocycles. The Morgan fingerprint density at radius 2 is 2.00 bits per heavy atom. The van der Waals surface area contributed by atoms with E-state index < -0.39 is 0 Å². The topological polar surface area (TPSA) is 98.7 Å². The molecule has 1 amide bonds. The van der Waals surface area contributed by atoms with Crippen LogP contribution < -0.4 is 5.32 Å². The lowest BCUT2D eigenvalue weighted by Gasteiger charge is -2.04. The molecule has 0 atom stereocenters. The Balaban J connectivity index is 1.17. The van der Waals surface area contributed by atoms with E-state index in [1.807, 2.05) is 30.3 Å². The van der Waals surface area contributed by atoms with Crippen LogP contribution in [0.15, 0.2) is 65.7 Å². The molecule has 1 aliphatic carbocycles. The summed E-state index contributed by atoms with van der Waals surface area (Å²) in [6.07, 6.45) is 8.99. The Morgan fingerprint density at radius 1 is 1.13 bits per heavy atom. The van der Waals surface area contributed by atoms with Gasteiger partial charge in [-0.15, -0.1) is 0 Å². The number of pyridine rings is 1. The molecule has 31 heavy (non-hydrogen) atoms. The predicted molar refractivity (Wildman–Crippen MR) is 114 cm³/mol. The average molecular weight is 414 g/mol. The minimum absolute atomic E-state index is 0.193. The van der Waals surface area contributed by atoms with E-state index >= 15 is 0 Å². The molecule has 3 heterocycles. The zero-order valence-corrected chi connectivity index (χ0v) is 16.9. The van der Waals surface area contributed by atoms with Crippen molar-refractivity contribution in [3.8, 4) is 17.3 Å². The summed E-state index contributed by atoms with van der Waals surface area (Å²) < 4.78 is 7.05. The Morgan fingerprint density at radius 3 is 2.77 bits per heavy atom. The van der Waals surface area contributed by atoms with Gasteiger partial charge in [0.05, 0.1) is 5.56 Å². The van der Waals surface area contributed by atoms with Crippen molar-refractivity contribution in [2.45, 2.75) is 31.6 Å². The third-order valence-electron chi connectivity index (χ3n) is 5.23. The molecule has 1 saturated carbocycles. The summed E-state index contributed by atoms with van der Waals surface area (Å²) >= 11 is 0. The second kappa shape index (κ2) is 8.51. The van der Waals surface area contributed by atoms with Crippen LogP contribution in [0.2, 0.25) is 0 Å². The van der Waals surface area contributed by atoms with Crippen molar-refractivity contribution in [3.63, 3.8) is 0 Å². The number of carbonyl (C=O) groups excluding carboxylic acids is 1. The van der Waals surface area contributed by atoms with E-state index in [0.717, 1.165) is 37.1 Å². The number of amides is 1. The lowest BCUT2D eigenvalue weighted by atomic mass is 10.1. The van der Waals surface area contributed by atoms with Crippen LogP contribution in [0.5, 0.6) is 0 Å². The number of aryl methyl sites for hydroxylation is 1. The Labute approximate surface area is 179 Å². The van der Waals surface area contributed by atoms with E-state index in [1.165, 1.54) is 5.56 Å². The molecule has 0 aliphatic heterocycles. The van der Waals surface area contributed by atoms with Crippen LogP contribution in [0, 0.1) is 0 Å². The van der Waals surface area contributed by atoms with Gasteiger partial charge in [-0.2, -0.15) is 4.98 Å². The fraction of sp³-hybridized carbons (Fsp3) is 0.261. The summed E-state index contributed by atoms with van der Waals surface area (Å²) in [6.45, 7) is 0.598. The summed E-state index contributed by atoms with van der Waals surface area (Å²) in [4.78, 5) is 25.5. The quantitative estimate of drug-likeness (QED) is 0.443. The molecule has 0 spiro atoms. The summed E-state index contributed by atoms with van der Waals surface area (Å²) in [5.74, 6) is 2.15. The highest BCUT2D eigenvalue weighted by Gasteiger charge is 2.29. The standard InChI is InChI=1S/C23H22N6O2/c30-22(24-12-4-7-16-5-2-1-3-6-16)19-14-29(15-26-19)20-11-10-18(13-25-20)23-27-21(28-31-23)17-8-9-17/h1-3,5-6,10-11,13-15,17H,4,7-9,12H2,(H,24,30). The number of benzene rings is 1. The average Bonchev–Trinajstić information content (AvgIpc) is 3.34. The maximum Gasteiger partial charge on any atom is 0.271 e. The number of nitrogens with one attached hydrogen (secondary N) is 1. The van der Waals surface area contributed by atoms with Gasteiger partial charge in [-0.3, -0.25) is 9.36 Å². The lowest BCUT2D eigenvalue weighted by molar-refractivity contribution is 0.0948. The van der Waals surface area contributed by atoms with Crippen molar-refractivity contribution in [1.82, 2.24) is 30.0 Å². The summed E-state index contributed by atoms with van der Waals surface area (Å²) in [7, 11) is 0. The number of aromatic nitrogens is 5. The molecule has 0 saturated heterocycles. The van der Waals surface area contributed by atoms with Gasteiger partial charge >= 0.3 is 0 Å². The van der Waals surface area contributed by atoms with Crippen molar-refractivity contribution in [1.29, 1.82) is 0 Å². The van der Waals surface area contributed by atoms with Crippen LogP contribution in [-0.2, 0) is 6.42 Å². The van der Waals surface area contributed by atoms with Crippen LogP contribution >= 0.6 is 0 Å². The minimum atomic E-state index is -0.193. The highest BCUT2D eigenvalue weighted by atomic mass is 16.5. The first-order valence-corrected chi connectivity index (χ1v) is 10.4. The number of hydrogen-bond acceptors (Lipinski definition) is 6. The van der Waals surface area contributed by atoms with Gasteiger partial charge in [-0.25, -0.2) is 9.97 Å². The van der Waals surface area contributed by atoms with Crippen molar-refractivity contribution in [2.24, 2.45) is 0 Å². The summed E-state index contributed by atoms with van der Waals surface area (Å²) in [5.41, 5.74) is 2.39. The first kappa shape index (κ1) is 19.2. The number of rotatable bonds is 8. The van der Waals surface area contributed by atoms with Gasteiger partial charge in [0.15, 0.2) is 5.82 Å². The maximum atomic E-state index is 12.4. The lowest BCUT2D eigenvalue weighted by Crippen LogP contribution is -2.25. The van der Waals surface area contributed by atoms with Crippen molar-refractivity contribution in [2.75, 3.05) is 6.54 Å². The molecule has 4 aromatic rings. The SMILES string of the molecule is O=C(NCCCc1ccccc1)c1cn(-c2ccc(-c3nc(C4CC4)no3)cn2)cn1. The van der Waals surface area contributed by atoms with E-state index in [9.17, 15) is 4.79 Å². The van der Waals surface area contributed by atoms with Gasteiger partial charge < -0.3 is 9.84 Å². The molecular weight excluding hydrogens is 392 g/mol. The van der Waals surface area contributed by atoms with E-state index in [-0.39, 0.29) is 5.91 Å². The molecular formula is C23H22N6O2. The number of carbonyl (C=O) groups is 1. The zero-order valence-electron chi connectivity index (χ0n) is 16.9. The van der Waals surface area contributed by atoms with Gasteiger partial charge in [-0.1, -0.05) is 35.5 Å². The van der Waals surface area contributed by atoms with Crippen LogP contribution in [0.25, 0.3) is 17.3 Å². The third kappa shape index (κ3) is 4.53. The Bertz CT molecular complexity index is 1160. The van der Waals surface area contributed by atoms with E-state index in [2.05, 4.69) is 37.6 Å². The van der Waals surface area contributed by atoms with Gasteiger partial charge in [-0.05, 0) is 43.4 Å². The fourth-order valence-electron chi connectivity index (χ4n) is 3.32. The molecule has 1 aliphatic rings. The highest BCUT2D eigenvalue weighted by molar-refractivity contribution is 5.92. The van der Waals surface area contributed by atoms with E-state index in [4.69, 9.17) is 4.52 Å². The Kier molecular flexibility index (Phi) is 5.26. The van der Waals surface area contributed by atoms with Crippen LogP contribution in [-0.4, -0.2) is 37.1 Å². The predicted octanol–water partition coefficient (Wildman–Crippen LogP) is 3.56. The van der Waals surface area contributed by atoms with Crippen molar-refractivity contribution < 1.29 is 9.32 Å². The molecule has 1 N–H and O–H groups in total. The summed E-state index contributed by atoms with van der Waals surface area (Å²) in [5, 5.41) is 6.95. The Hall–Kier alpha value is -3.81. The van der Waals surface area contributed by atoms with Gasteiger partial charge in [0.25, 0.3) is 11.8 Å². The first-order valence-electron chi connectivity index (χ1n) is 10.4. The molecule has 156 valence electrons. The van der Waals surface area contributed by atoms with Gasteiger partial charge in [0.1, 0.15) is 17.8 Å². The minimum Gasteiger partial charge on any atom is -0.351 e. The van der Waals surface area contributed by atoms with Crippen molar-refractivity contribution in [3.05, 3.63) is 78.3 Å². The third-order valence-corrected chi connectivity index (χ3v) is 5.23. The number of hydrogen-bond donors (Lipinski definition) is 1. The van der Waals surface area contributed by atoms with E-state index in [1.54, 1.807) is 23.3 Å². The number of imidazole rings is 1. The van der Waals surface area contributed by atoms with Crippen molar-refractivity contribution >= 4 is 5.91 Å². The smallest absolute Gasteiger partial charge is 0.271 e. The largest absolute Gasteiger partial charge is 0.351 e.